The van der Waals surface area contributed by atoms with Crippen LogP contribution in [0.5, 0.6) is 0 Å². The van der Waals surface area contributed by atoms with Crippen LogP contribution < -0.4 is 5.32 Å². The summed E-state index contributed by atoms with van der Waals surface area (Å²) in [7, 11) is 0. The number of hydrogen-bond donors (Lipinski definition) is 1. The van der Waals surface area contributed by atoms with Gasteiger partial charge in [-0.25, -0.2) is 4.79 Å². The first-order valence-corrected chi connectivity index (χ1v) is 4.70. The summed E-state index contributed by atoms with van der Waals surface area (Å²) in [6, 6.07) is 8.10. The van der Waals surface area contributed by atoms with Crippen LogP contribution in [0.1, 0.15) is 24.1 Å². The van der Waals surface area contributed by atoms with Gasteiger partial charge in [0.15, 0.2) is 0 Å². The van der Waals surface area contributed by atoms with Crippen LogP contribution in [0.3, 0.4) is 0 Å². The second kappa shape index (κ2) is 3.33. The highest BCUT2D eigenvalue weighted by Crippen LogP contribution is 2.24. The fourth-order valence-electron chi connectivity index (χ4n) is 1.64. The molecule has 1 aliphatic heterocycles. The Kier molecular flexibility index (Phi) is 2.15. The number of cyclic esters (lactones) is 1. The molecule has 0 bridgehead atoms. The monoisotopic (exact) mass is 191 g/mol. The first kappa shape index (κ1) is 9.06. The summed E-state index contributed by atoms with van der Waals surface area (Å²) in [5.74, 6) is 0. The average Bonchev–Trinajstić information content (AvgIpc) is 2.47. The number of alkyl carbamates (subject to hydrolysis) is 1. The van der Waals surface area contributed by atoms with E-state index in [1.807, 2.05) is 38.1 Å². The molecule has 0 spiro atoms. The van der Waals surface area contributed by atoms with Crippen LogP contribution in [0.25, 0.3) is 0 Å². The molecule has 1 N–H and O–H groups in total. The molecule has 0 radical (unpaired) electrons. The lowest BCUT2D eigenvalue weighted by atomic mass is 10.0. The predicted octanol–water partition coefficient (Wildman–Crippen LogP) is 2.16. The molecule has 1 aromatic rings. The molecule has 1 amide bonds. The van der Waals surface area contributed by atoms with Crippen molar-refractivity contribution in [2.75, 3.05) is 0 Å². The van der Waals surface area contributed by atoms with Crippen molar-refractivity contribution in [3.8, 4) is 0 Å². The van der Waals surface area contributed by atoms with E-state index in [1.54, 1.807) is 0 Å². The number of benzene rings is 1. The van der Waals surface area contributed by atoms with E-state index in [0.717, 1.165) is 5.56 Å². The van der Waals surface area contributed by atoms with Gasteiger partial charge in [0, 0.05) is 0 Å². The number of rotatable bonds is 1. The quantitative estimate of drug-likeness (QED) is 0.738. The third-order valence-corrected chi connectivity index (χ3v) is 2.47. The highest BCUT2D eigenvalue weighted by molar-refractivity contribution is 5.70. The van der Waals surface area contributed by atoms with Gasteiger partial charge in [-0.2, -0.15) is 0 Å². The molecule has 1 aliphatic rings. The van der Waals surface area contributed by atoms with Gasteiger partial charge < -0.3 is 10.1 Å². The number of nitrogens with one attached hydrogen (secondary N) is 1. The Morgan fingerprint density at radius 1 is 1.29 bits per heavy atom. The minimum Gasteiger partial charge on any atom is -0.444 e. The van der Waals surface area contributed by atoms with E-state index in [4.69, 9.17) is 4.74 Å². The summed E-state index contributed by atoms with van der Waals surface area (Å²) in [6.45, 7) is 3.93. The van der Waals surface area contributed by atoms with E-state index in [2.05, 4.69) is 5.32 Å². The third kappa shape index (κ3) is 1.58. The third-order valence-electron chi connectivity index (χ3n) is 2.47. The van der Waals surface area contributed by atoms with Crippen LogP contribution >= 0.6 is 0 Å². The lowest BCUT2D eigenvalue weighted by molar-refractivity contribution is 0.141. The van der Waals surface area contributed by atoms with Crippen LogP contribution in [0.4, 0.5) is 4.79 Å². The van der Waals surface area contributed by atoms with Gasteiger partial charge in [0.2, 0.25) is 0 Å². The molecule has 1 heterocycles. The Morgan fingerprint density at radius 3 is 2.43 bits per heavy atom. The van der Waals surface area contributed by atoms with Crippen molar-refractivity contribution in [2.24, 2.45) is 0 Å². The maximum absolute atomic E-state index is 11.0. The van der Waals surface area contributed by atoms with Gasteiger partial charge in [-0.1, -0.05) is 29.8 Å². The molecule has 0 aromatic heterocycles. The van der Waals surface area contributed by atoms with Crippen molar-refractivity contribution in [3.63, 3.8) is 0 Å². The molecule has 3 heteroatoms. The Balaban J connectivity index is 2.23. The Morgan fingerprint density at radius 2 is 1.93 bits per heavy atom. The lowest BCUT2D eigenvalue weighted by Crippen LogP contribution is -2.20. The SMILES string of the molecule is Cc1ccc(C2NC(=O)OC2C)cc1. The minimum absolute atomic E-state index is 0.0110. The molecule has 14 heavy (non-hydrogen) atoms. The van der Waals surface area contributed by atoms with Gasteiger partial charge in [0.1, 0.15) is 6.10 Å². The van der Waals surface area contributed by atoms with Crippen molar-refractivity contribution in [1.29, 1.82) is 0 Å². The van der Waals surface area contributed by atoms with E-state index in [0.29, 0.717) is 0 Å². The molecule has 3 nitrogen and oxygen atoms in total. The highest BCUT2D eigenvalue weighted by atomic mass is 16.6. The van der Waals surface area contributed by atoms with Crippen LogP contribution in [0, 0.1) is 6.92 Å². The zero-order chi connectivity index (χ0) is 10.1. The van der Waals surface area contributed by atoms with Crippen LogP contribution in [-0.2, 0) is 4.74 Å². The molecule has 1 aromatic carbocycles. The fraction of sp³-hybridized carbons (Fsp3) is 0.364. The smallest absolute Gasteiger partial charge is 0.408 e. The van der Waals surface area contributed by atoms with Crippen molar-refractivity contribution in [3.05, 3.63) is 35.4 Å². The Labute approximate surface area is 83.1 Å². The molecular weight excluding hydrogens is 178 g/mol. The molecule has 2 atom stereocenters. The molecule has 0 saturated carbocycles. The van der Waals surface area contributed by atoms with Gasteiger partial charge in [-0.05, 0) is 19.4 Å². The van der Waals surface area contributed by atoms with E-state index >= 15 is 0 Å². The van der Waals surface area contributed by atoms with Crippen molar-refractivity contribution < 1.29 is 9.53 Å². The zero-order valence-corrected chi connectivity index (χ0v) is 8.28. The van der Waals surface area contributed by atoms with Crippen molar-refractivity contribution >= 4 is 6.09 Å². The van der Waals surface area contributed by atoms with Gasteiger partial charge >= 0.3 is 6.09 Å². The standard InChI is InChI=1S/C11H13NO2/c1-7-3-5-9(6-4-7)10-8(2)14-11(13)12-10/h3-6,8,10H,1-2H3,(H,12,13). The lowest BCUT2D eigenvalue weighted by Gasteiger charge is -2.12. The van der Waals surface area contributed by atoms with E-state index in [9.17, 15) is 4.79 Å². The summed E-state index contributed by atoms with van der Waals surface area (Å²) >= 11 is 0. The number of amides is 1. The van der Waals surface area contributed by atoms with Crippen LogP contribution in [-0.4, -0.2) is 12.2 Å². The number of hydrogen-bond acceptors (Lipinski definition) is 2. The maximum Gasteiger partial charge on any atom is 0.408 e. The van der Waals surface area contributed by atoms with Gasteiger partial charge in [0.05, 0.1) is 6.04 Å². The highest BCUT2D eigenvalue weighted by Gasteiger charge is 2.31. The maximum atomic E-state index is 11.0. The fourth-order valence-corrected chi connectivity index (χ4v) is 1.64. The molecular formula is C11H13NO2. The molecule has 1 fully saturated rings. The summed E-state index contributed by atoms with van der Waals surface area (Å²) in [5.41, 5.74) is 2.31. The first-order chi connectivity index (χ1) is 6.66. The van der Waals surface area contributed by atoms with Gasteiger partial charge in [-0.3, -0.25) is 0 Å². The van der Waals surface area contributed by atoms with E-state index in [1.165, 1.54) is 5.56 Å². The second-order valence-corrected chi connectivity index (χ2v) is 3.64. The van der Waals surface area contributed by atoms with Crippen LogP contribution in [0.15, 0.2) is 24.3 Å². The Hall–Kier alpha value is -1.51. The molecule has 2 unspecified atom stereocenters. The molecule has 74 valence electrons. The molecule has 0 aliphatic carbocycles. The second-order valence-electron chi connectivity index (χ2n) is 3.64. The Bertz CT molecular complexity index is 345. The predicted molar refractivity (Wildman–Crippen MR) is 53.0 cm³/mol. The number of carbonyl (C=O) groups is 1. The van der Waals surface area contributed by atoms with E-state index < -0.39 is 0 Å². The van der Waals surface area contributed by atoms with Crippen molar-refractivity contribution in [1.82, 2.24) is 5.32 Å². The number of ether oxygens (including phenoxy) is 1. The average molecular weight is 191 g/mol. The number of aryl methyl sites for hydroxylation is 1. The molecule has 2 rings (SSSR count). The number of carbonyl (C=O) groups excluding carboxylic acids is 1. The van der Waals surface area contributed by atoms with Gasteiger partial charge in [-0.15, -0.1) is 0 Å². The van der Waals surface area contributed by atoms with E-state index in [-0.39, 0.29) is 18.2 Å². The molecule has 1 saturated heterocycles. The summed E-state index contributed by atoms with van der Waals surface area (Å²) in [5, 5.41) is 2.78. The normalized spacial score (nSPS) is 25.7. The zero-order valence-electron chi connectivity index (χ0n) is 8.28. The summed E-state index contributed by atoms with van der Waals surface area (Å²) in [4.78, 5) is 11.0. The van der Waals surface area contributed by atoms with Crippen molar-refractivity contribution in [2.45, 2.75) is 26.0 Å². The topological polar surface area (TPSA) is 38.3 Å². The first-order valence-electron chi connectivity index (χ1n) is 4.70. The van der Waals surface area contributed by atoms with Gasteiger partial charge in [0.25, 0.3) is 0 Å². The summed E-state index contributed by atoms with van der Waals surface area (Å²) < 4.78 is 5.01. The van der Waals surface area contributed by atoms with Crippen LogP contribution in [0.2, 0.25) is 0 Å². The minimum atomic E-state index is -0.330. The largest absolute Gasteiger partial charge is 0.444 e. The summed E-state index contributed by atoms with van der Waals surface area (Å²) in [6.07, 6.45) is -0.423.